The van der Waals surface area contributed by atoms with E-state index < -0.39 is 0 Å². The van der Waals surface area contributed by atoms with Crippen molar-refractivity contribution in [3.8, 4) is 11.5 Å². The van der Waals surface area contributed by atoms with Crippen LogP contribution in [-0.4, -0.2) is 18.6 Å². The summed E-state index contributed by atoms with van der Waals surface area (Å²) in [7, 11) is 0. The summed E-state index contributed by atoms with van der Waals surface area (Å²) in [6.07, 6.45) is 0.245. The fourth-order valence-electron chi connectivity index (χ4n) is 4.30. The number of carbonyl (C=O) groups excluding carboxylic acids is 2. The average molecular weight is 493 g/mol. The van der Waals surface area contributed by atoms with Crippen molar-refractivity contribution in [2.45, 2.75) is 26.4 Å². The second-order valence-electron chi connectivity index (χ2n) is 9.05. The van der Waals surface area contributed by atoms with E-state index in [1.165, 1.54) is 0 Å². The normalized spacial score (nSPS) is 11.7. The van der Waals surface area contributed by atoms with Gasteiger partial charge in [-0.3, -0.25) is 9.59 Å². The summed E-state index contributed by atoms with van der Waals surface area (Å²) in [5, 5.41) is 2.95. The molecule has 4 aromatic rings. The molecule has 0 aromatic heterocycles. The molecule has 0 fully saturated rings. The van der Waals surface area contributed by atoms with Crippen molar-refractivity contribution in [3.63, 3.8) is 0 Å². The first-order chi connectivity index (χ1) is 18.0. The monoisotopic (exact) mass is 492 g/mol. The van der Waals surface area contributed by atoms with Crippen LogP contribution in [0.15, 0.2) is 97.1 Å². The third-order valence-electron chi connectivity index (χ3n) is 6.23. The number of nitrogens with zero attached hydrogens (tertiary/aromatic N) is 1. The Morgan fingerprint density at radius 1 is 0.784 bits per heavy atom. The highest BCUT2D eigenvalue weighted by Crippen LogP contribution is 2.32. The molecule has 0 aliphatic carbocycles. The lowest BCUT2D eigenvalue weighted by molar-refractivity contribution is -0.120. The summed E-state index contributed by atoms with van der Waals surface area (Å²) in [6.45, 7) is 3.12. The van der Waals surface area contributed by atoms with Crippen LogP contribution < -0.4 is 19.7 Å². The maximum atomic E-state index is 13.4. The number of anilines is 1. The molecule has 4 aromatic carbocycles. The van der Waals surface area contributed by atoms with Crippen LogP contribution in [0.5, 0.6) is 11.5 Å². The van der Waals surface area contributed by atoms with Crippen LogP contribution in [0.1, 0.15) is 32.6 Å². The van der Waals surface area contributed by atoms with Gasteiger partial charge in [0.1, 0.15) is 0 Å². The molecule has 0 spiro atoms. The third-order valence-corrected chi connectivity index (χ3v) is 6.23. The van der Waals surface area contributed by atoms with Gasteiger partial charge < -0.3 is 19.7 Å². The Bertz CT molecular complexity index is 1400. The van der Waals surface area contributed by atoms with Gasteiger partial charge in [-0.1, -0.05) is 66.2 Å². The molecule has 0 bridgehead atoms. The highest BCUT2D eigenvalue weighted by atomic mass is 16.7. The van der Waals surface area contributed by atoms with Crippen molar-refractivity contribution >= 4 is 17.5 Å². The van der Waals surface area contributed by atoms with Gasteiger partial charge in [0.2, 0.25) is 12.7 Å². The van der Waals surface area contributed by atoms with Crippen molar-refractivity contribution in [2.75, 3.05) is 11.7 Å². The Hall–Kier alpha value is -4.58. The van der Waals surface area contributed by atoms with E-state index in [0.717, 1.165) is 33.7 Å². The lowest BCUT2D eigenvalue weighted by Gasteiger charge is -2.24. The smallest absolute Gasteiger partial charge is 0.258 e. The van der Waals surface area contributed by atoms with Crippen LogP contribution in [0.2, 0.25) is 0 Å². The Morgan fingerprint density at radius 3 is 2.32 bits per heavy atom. The first-order valence-corrected chi connectivity index (χ1v) is 12.2. The van der Waals surface area contributed by atoms with E-state index in [4.69, 9.17) is 9.47 Å². The lowest BCUT2D eigenvalue weighted by Crippen LogP contribution is -2.30. The van der Waals surface area contributed by atoms with Crippen LogP contribution in [0.4, 0.5) is 5.69 Å². The summed E-state index contributed by atoms with van der Waals surface area (Å²) >= 11 is 0. The Kier molecular flexibility index (Phi) is 7.17. The Balaban J connectivity index is 1.26. The molecule has 0 radical (unpaired) electrons. The molecule has 186 valence electrons. The van der Waals surface area contributed by atoms with E-state index in [-0.39, 0.29) is 25.0 Å². The van der Waals surface area contributed by atoms with E-state index in [9.17, 15) is 9.59 Å². The molecule has 6 nitrogen and oxygen atoms in total. The molecule has 1 heterocycles. The standard InChI is InChI=1S/C31H28N2O4/c1-22-6-5-7-25(16-22)20-33(31(35)26-8-3-2-4-9-26)27-13-10-23(11-14-27)18-30(34)32-19-24-12-15-28-29(17-24)37-21-36-28/h2-17H,18-21H2,1H3,(H,32,34). The van der Waals surface area contributed by atoms with Crippen LogP contribution in [0, 0.1) is 6.92 Å². The maximum absolute atomic E-state index is 13.4. The van der Waals surface area contributed by atoms with Gasteiger partial charge in [0.15, 0.2) is 11.5 Å². The molecule has 6 heteroatoms. The summed E-state index contributed by atoms with van der Waals surface area (Å²) in [6, 6.07) is 30.7. The maximum Gasteiger partial charge on any atom is 0.258 e. The zero-order valence-corrected chi connectivity index (χ0v) is 20.6. The summed E-state index contributed by atoms with van der Waals surface area (Å²) < 4.78 is 10.7. The van der Waals surface area contributed by atoms with Crippen molar-refractivity contribution in [3.05, 3.63) is 125 Å². The summed E-state index contributed by atoms with van der Waals surface area (Å²) in [5.74, 6) is 1.26. The molecule has 0 saturated carbocycles. The van der Waals surface area contributed by atoms with E-state index >= 15 is 0 Å². The minimum atomic E-state index is -0.0811. The summed E-state index contributed by atoms with van der Waals surface area (Å²) in [4.78, 5) is 27.8. The van der Waals surface area contributed by atoms with Crippen molar-refractivity contribution in [1.82, 2.24) is 5.32 Å². The minimum Gasteiger partial charge on any atom is -0.454 e. The predicted octanol–water partition coefficient (Wildman–Crippen LogP) is 5.43. The van der Waals surface area contributed by atoms with Gasteiger partial charge in [-0.25, -0.2) is 0 Å². The van der Waals surface area contributed by atoms with Gasteiger partial charge in [0, 0.05) is 17.8 Å². The number of ether oxygens (including phenoxy) is 2. The highest BCUT2D eigenvalue weighted by molar-refractivity contribution is 6.06. The van der Waals surface area contributed by atoms with Gasteiger partial charge in [-0.05, 0) is 60.0 Å². The first kappa shape index (κ1) is 24.1. The van der Waals surface area contributed by atoms with E-state index in [1.807, 2.05) is 97.9 Å². The number of rotatable bonds is 8. The average Bonchev–Trinajstić information content (AvgIpc) is 3.39. The molecular weight excluding hydrogens is 464 g/mol. The van der Waals surface area contributed by atoms with Crippen LogP contribution in [0.3, 0.4) is 0 Å². The van der Waals surface area contributed by atoms with Gasteiger partial charge >= 0.3 is 0 Å². The van der Waals surface area contributed by atoms with E-state index in [0.29, 0.717) is 24.4 Å². The second-order valence-corrected chi connectivity index (χ2v) is 9.05. The third kappa shape index (κ3) is 5.98. The number of benzene rings is 4. The van der Waals surface area contributed by atoms with Gasteiger partial charge in [0.05, 0.1) is 13.0 Å². The highest BCUT2D eigenvalue weighted by Gasteiger charge is 2.19. The predicted molar refractivity (Wildman–Crippen MR) is 143 cm³/mol. The zero-order chi connectivity index (χ0) is 25.6. The lowest BCUT2D eigenvalue weighted by atomic mass is 10.1. The van der Waals surface area contributed by atoms with E-state index in [1.54, 1.807) is 4.90 Å². The molecule has 1 aliphatic heterocycles. The second kappa shape index (κ2) is 11.0. The number of hydrogen-bond acceptors (Lipinski definition) is 4. The largest absolute Gasteiger partial charge is 0.454 e. The quantitative estimate of drug-likeness (QED) is 0.356. The van der Waals surface area contributed by atoms with Crippen molar-refractivity contribution in [1.29, 1.82) is 0 Å². The number of fused-ring (bicyclic) bond motifs is 1. The van der Waals surface area contributed by atoms with E-state index in [2.05, 4.69) is 11.4 Å². The van der Waals surface area contributed by atoms with Crippen LogP contribution in [0.25, 0.3) is 0 Å². The van der Waals surface area contributed by atoms with Gasteiger partial charge in [-0.2, -0.15) is 0 Å². The van der Waals surface area contributed by atoms with Crippen molar-refractivity contribution < 1.29 is 19.1 Å². The number of carbonyl (C=O) groups is 2. The number of aryl methyl sites for hydroxylation is 1. The zero-order valence-electron chi connectivity index (χ0n) is 20.6. The number of hydrogen-bond donors (Lipinski definition) is 1. The molecule has 1 aliphatic rings. The van der Waals surface area contributed by atoms with Crippen LogP contribution in [-0.2, 0) is 24.3 Å². The van der Waals surface area contributed by atoms with Gasteiger partial charge in [-0.15, -0.1) is 0 Å². The molecule has 2 amide bonds. The van der Waals surface area contributed by atoms with Crippen molar-refractivity contribution in [2.24, 2.45) is 0 Å². The minimum absolute atomic E-state index is 0.0728. The molecular formula is C31H28N2O4. The number of nitrogens with one attached hydrogen (secondary N) is 1. The molecule has 5 rings (SSSR count). The fourth-order valence-corrected chi connectivity index (χ4v) is 4.30. The molecule has 1 N–H and O–H groups in total. The van der Waals surface area contributed by atoms with Gasteiger partial charge in [0.25, 0.3) is 5.91 Å². The number of amides is 2. The first-order valence-electron chi connectivity index (χ1n) is 12.2. The fraction of sp³-hybridized carbons (Fsp3) is 0.161. The topological polar surface area (TPSA) is 67.9 Å². The summed E-state index contributed by atoms with van der Waals surface area (Å²) in [5.41, 5.74) is 5.42. The Morgan fingerprint density at radius 2 is 1.54 bits per heavy atom. The molecule has 0 atom stereocenters. The SMILES string of the molecule is Cc1cccc(CN(C(=O)c2ccccc2)c2ccc(CC(=O)NCc3ccc4c(c3)OCO4)cc2)c1. The molecule has 0 unspecified atom stereocenters. The van der Waals surface area contributed by atoms with Crippen LogP contribution >= 0.6 is 0 Å². The Labute approximate surface area is 216 Å². The molecule has 0 saturated heterocycles. The molecule has 37 heavy (non-hydrogen) atoms.